The number of rotatable bonds is 5. The first-order valence-electron chi connectivity index (χ1n) is 9.74. The Morgan fingerprint density at radius 2 is 1.15 bits per heavy atom. The number of hydrogen-bond donors (Lipinski definition) is 0. The van der Waals surface area contributed by atoms with Crippen LogP contribution in [-0.2, 0) is 15.1 Å². The Kier molecular flexibility index (Phi) is 5.26. The van der Waals surface area contributed by atoms with Crippen LogP contribution in [0.4, 0.5) is 0 Å². The van der Waals surface area contributed by atoms with Crippen molar-refractivity contribution in [1.82, 2.24) is 0 Å². The molecule has 3 aromatic carbocycles. The summed E-state index contributed by atoms with van der Waals surface area (Å²) >= 11 is 0. The molecule has 2 nitrogen and oxygen atoms in total. The smallest absolute Gasteiger partial charge is 0.146 e. The molecule has 1 fully saturated rings. The Hall–Kier alpha value is -2.20. The Balaban J connectivity index is 1.94. The zero-order valence-corrected chi connectivity index (χ0v) is 17.8. The fourth-order valence-electron chi connectivity index (χ4n) is 4.01. The molecule has 0 amide bonds. The summed E-state index contributed by atoms with van der Waals surface area (Å²) < 4.78 is 13.3. The van der Waals surface area contributed by atoms with Gasteiger partial charge in [-0.3, -0.25) is 0 Å². The fraction of sp³-hybridized carbons (Fsp3) is 0.250. The van der Waals surface area contributed by atoms with E-state index in [2.05, 4.69) is 91.0 Å². The van der Waals surface area contributed by atoms with Gasteiger partial charge in [-0.05, 0) is 36.0 Å². The molecule has 0 radical (unpaired) electrons. The van der Waals surface area contributed by atoms with Gasteiger partial charge in [-0.15, -0.1) is 0 Å². The van der Waals surface area contributed by atoms with Gasteiger partial charge in [-0.2, -0.15) is 0 Å². The van der Waals surface area contributed by atoms with Gasteiger partial charge < -0.3 is 9.47 Å². The highest BCUT2D eigenvalue weighted by atomic mass is 28.1. The third kappa shape index (κ3) is 3.63. The molecule has 0 N–H and O–H groups in total. The lowest BCUT2D eigenvalue weighted by molar-refractivity contribution is -0.238. The van der Waals surface area contributed by atoms with Crippen LogP contribution in [0.2, 0.25) is 0 Å². The van der Waals surface area contributed by atoms with Gasteiger partial charge in [0.05, 0.1) is 10.2 Å². The Morgan fingerprint density at radius 3 is 1.52 bits per heavy atom. The highest BCUT2D eigenvalue weighted by Gasteiger charge is 2.44. The first-order chi connectivity index (χ1) is 13.2. The minimum Gasteiger partial charge on any atom is -0.355 e. The second-order valence-corrected chi connectivity index (χ2v) is 8.84. The van der Waals surface area contributed by atoms with E-state index in [1.54, 1.807) is 0 Å². The molecular formula is C24H26O2Si. The van der Waals surface area contributed by atoms with E-state index in [-0.39, 0.29) is 0 Å². The standard InChI is InChI=1S/C24H26O2Si/c27-23(18-10-11-19-25-23)26-24(20-12-4-1-5-13-20,21-14-6-2-7-15-21)22-16-8-3-9-17-22/h1-9,12-17H,10-11,18-19H2,27H3. The second-order valence-electron chi connectivity index (χ2n) is 7.32. The van der Waals surface area contributed by atoms with E-state index >= 15 is 0 Å². The van der Waals surface area contributed by atoms with Gasteiger partial charge in [0.2, 0.25) is 0 Å². The van der Waals surface area contributed by atoms with Gasteiger partial charge in [-0.25, -0.2) is 0 Å². The summed E-state index contributed by atoms with van der Waals surface area (Å²) in [5.74, 6) is 0. The van der Waals surface area contributed by atoms with Gasteiger partial charge in [0.15, 0.2) is 0 Å². The quantitative estimate of drug-likeness (QED) is 0.492. The normalized spacial score (nSPS) is 20.4. The van der Waals surface area contributed by atoms with Crippen molar-refractivity contribution in [3.63, 3.8) is 0 Å². The zero-order valence-electron chi connectivity index (χ0n) is 15.8. The van der Waals surface area contributed by atoms with Gasteiger partial charge in [0.1, 0.15) is 11.0 Å². The number of ether oxygens (including phenoxy) is 2. The van der Waals surface area contributed by atoms with Crippen LogP contribution in [0, 0.1) is 0 Å². The van der Waals surface area contributed by atoms with Crippen LogP contribution < -0.4 is 0 Å². The molecule has 0 bridgehead atoms. The Morgan fingerprint density at radius 1 is 0.704 bits per heavy atom. The van der Waals surface area contributed by atoms with Crippen LogP contribution in [0.25, 0.3) is 0 Å². The van der Waals surface area contributed by atoms with E-state index < -0.39 is 11.0 Å². The largest absolute Gasteiger partial charge is 0.355 e. The van der Waals surface area contributed by atoms with Gasteiger partial charge in [0, 0.05) is 6.61 Å². The van der Waals surface area contributed by atoms with Crippen molar-refractivity contribution in [3.8, 4) is 0 Å². The highest BCUT2D eigenvalue weighted by Crippen LogP contribution is 2.44. The maximum atomic E-state index is 7.06. The summed E-state index contributed by atoms with van der Waals surface area (Å²) in [5, 5.41) is 0. The van der Waals surface area contributed by atoms with E-state index in [9.17, 15) is 0 Å². The molecular weight excluding hydrogens is 348 g/mol. The Bertz CT molecular complexity index is 747. The molecule has 138 valence electrons. The van der Waals surface area contributed by atoms with E-state index in [0.717, 1.165) is 52.8 Å². The van der Waals surface area contributed by atoms with E-state index in [1.807, 2.05) is 0 Å². The van der Waals surface area contributed by atoms with Crippen LogP contribution in [0.5, 0.6) is 0 Å². The molecule has 0 spiro atoms. The van der Waals surface area contributed by atoms with Gasteiger partial charge in [-0.1, -0.05) is 91.0 Å². The lowest BCUT2D eigenvalue weighted by atomic mass is 9.80. The summed E-state index contributed by atoms with van der Waals surface area (Å²) in [7, 11) is 0.820. The van der Waals surface area contributed by atoms with Crippen molar-refractivity contribution < 1.29 is 9.47 Å². The third-order valence-corrected chi connectivity index (χ3v) is 6.34. The van der Waals surface area contributed by atoms with Crippen molar-refractivity contribution in [3.05, 3.63) is 108 Å². The van der Waals surface area contributed by atoms with E-state index in [0.29, 0.717) is 0 Å². The molecule has 1 aliphatic heterocycles. The van der Waals surface area contributed by atoms with Crippen LogP contribution in [0.3, 0.4) is 0 Å². The third-order valence-electron chi connectivity index (χ3n) is 5.34. The summed E-state index contributed by atoms with van der Waals surface area (Å²) in [6, 6.07) is 31.6. The molecule has 1 atom stereocenters. The molecule has 1 heterocycles. The Labute approximate surface area is 164 Å². The second kappa shape index (κ2) is 7.81. The van der Waals surface area contributed by atoms with Crippen LogP contribution in [0.15, 0.2) is 91.0 Å². The maximum absolute atomic E-state index is 7.06. The molecule has 3 aromatic rings. The number of hydrogen-bond acceptors (Lipinski definition) is 2. The van der Waals surface area contributed by atoms with Crippen LogP contribution in [-0.4, -0.2) is 22.3 Å². The SMILES string of the molecule is [SiH3]C1(OC(c2ccccc2)(c2ccccc2)c2ccccc2)CCCCO1. The lowest BCUT2D eigenvalue weighted by Crippen LogP contribution is -2.48. The van der Waals surface area contributed by atoms with Crippen molar-refractivity contribution in [2.45, 2.75) is 30.3 Å². The molecule has 1 unspecified atom stereocenters. The predicted molar refractivity (Wildman–Crippen MR) is 113 cm³/mol. The minimum atomic E-state index is -0.692. The fourth-order valence-corrected chi connectivity index (χ4v) is 4.87. The summed E-state index contributed by atoms with van der Waals surface area (Å²) in [5.41, 5.74) is 2.22. The van der Waals surface area contributed by atoms with E-state index in [4.69, 9.17) is 9.47 Å². The van der Waals surface area contributed by atoms with Crippen molar-refractivity contribution in [1.29, 1.82) is 0 Å². The van der Waals surface area contributed by atoms with Crippen LogP contribution in [0.1, 0.15) is 36.0 Å². The van der Waals surface area contributed by atoms with Gasteiger partial charge in [0.25, 0.3) is 0 Å². The molecule has 0 aromatic heterocycles. The zero-order chi connectivity index (χ0) is 18.6. The number of benzene rings is 3. The molecule has 27 heavy (non-hydrogen) atoms. The molecule has 3 heteroatoms. The maximum Gasteiger partial charge on any atom is 0.146 e. The average molecular weight is 375 g/mol. The first kappa shape index (κ1) is 18.2. The summed E-state index contributed by atoms with van der Waals surface area (Å²) in [6.45, 7) is 0.776. The summed E-state index contributed by atoms with van der Waals surface area (Å²) in [6.07, 6.45) is 3.22. The minimum absolute atomic E-state index is 0.486. The summed E-state index contributed by atoms with van der Waals surface area (Å²) in [4.78, 5) is 0. The predicted octanol–water partition coefficient (Wildman–Crippen LogP) is 4.21. The lowest BCUT2D eigenvalue weighted by Gasteiger charge is -2.45. The monoisotopic (exact) mass is 374 g/mol. The molecule has 4 rings (SSSR count). The van der Waals surface area contributed by atoms with Crippen molar-refractivity contribution >= 4 is 10.2 Å². The van der Waals surface area contributed by atoms with Crippen LogP contribution >= 0.6 is 0 Å². The van der Waals surface area contributed by atoms with Gasteiger partial charge >= 0.3 is 0 Å². The molecule has 1 saturated heterocycles. The van der Waals surface area contributed by atoms with Crippen molar-refractivity contribution in [2.75, 3.05) is 6.61 Å². The highest BCUT2D eigenvalue weighted by molar-refractivity contribution is 6.13. The molecule has 0 aliphatic carbocycles. The average Bonchev–Trinajstić information content (AvgIpc) is 2.74. The first-order valence-corrected chi connectivity index (χ1v) is 10.7. The van der Waals surface area contributed by atoms with Crippen molar-refractivity contribution in [2.24, 2.45) is 0 Å². The topological polar surface area (TPSA) is 18.5 Å². The van der Waals surface area contributed by atoms with E-state index in [1.165, 1.54) is 0 Å². The molecule has 1 aliphatic rings. The molecule has 0 saturated carbocycles.